The Morgan fingerprint density at radius 1 is 1.29 bits per heavy atom. The van der Waals surface area contributed by atoms with E-state index in [1.165, 1.54) is 0 Å². The monoisotopic (exact) mass is 312 g/mol. The van der Waals surface area contributed by atoms with Gasteiger partial charge < -0.3 is 10.1 Å². The van der Waals surface area contributed by atoms with Crippen molar-refractivity contribution in [3.63, 3.8) is 0 Å². The first-order chi connectivity index (χ1) is 10.1. The van der Waals surface area contributed by atoms with Crippen LogP contribution in [0.4, 0.5) is 0 Å². The van der Waals surface area contributed by atoms with E-state index in [0.717, 1.165) is 18.6 Å². The zero-order valence-electron chi connectivity index (χ0n) is 12.4. The second kappa shape index (κ2) is 7.77. The number of ether oxygens (including phenoxy) is 1. The Bertz CT molecular complexity index is 515. The third-order valence-corrected chi connectivity index (χ3v) is 5.27. The molecule has 1 aliphatic carbocycles. The largest absolute Gasteiger partial charge is 0.494 e. The van der Waals surface area contributed by atoms with Gasteiger partial charge in [-0.3, -0.25) is 0 Å². The van der Waals surface area contributed by atoms with Gasteiger partial charge in [0.2, 0.25) is 10.0 Å². The van der Waals surface area contributed by atoms with E-state index in [0.29, 0.717) is 32.2 Å². The summed E-state index contributed by atoms with van der Waals surface area (Å²) in [7, 11) is -3.24. The van der Waals surface area contributed by atoms with Crippen molar-refractivity contribution in [3.05, 3.63) is 30.3 Å². The molecule has 5 nitrogen and oxygen atoms in total. The molecule has 6 heteroatoms. The van der Waals surface area contributed by atoms with Gasteiger partial charge in [0.1, 0.15) is 5.75 Å². The Labute approximate surface area is 127 Å². The Balaban J connectivity index is 1.60. The summed E-state index contributed by atoms with van der Waals surface area (Å²) in [4.78, 5) is 0. The Hall–Kier alpha value is -1.11. The van der Waals surface area contributed by atoms with Crippen molar-refractivity contribution in [2.24, 2.45) is 0 Å². The maximum Gasteiger partial charge on any atom is 0.215 e. The SMILES string of the molecule is CC(CNC1CC1)S(=O)(=O)NCCCOc1ccccc1. The molecule has 0 saturated heterocycles. The molecule has 0 heterocycles. The predicted octanol–water partition coefficient (Wildman–Crippen LogP) is 1.52. The minimum Gasteiger partial charge on any atom is -0.494 e. The Kier molecular flexibility index (Phi) is 6.02. The lowest BCUT2D eigenvalue weighted by Gasteiger charge is -2.14. The molecular weight excluding hydrogens is 288 g/mol. The zero-order chi connectivity index (χ0) is 15.1. The van der Waals surface area contributed by atoms with Crippen molar-refractivity contribution < 1.29 is 13.2 Å². The standard InChI is InChI=1S/C15H24N2O3S/c1-13(12-16-14-8-9-14)21(18,19)17-10-5-11-20-15-6-3-2-4-7-15/h2-4,6-7,13-14,16-17H,5,8-12H2,1H3. The summed E-state index contributed by atoms with van der Waals surface area (Å²) >= 11 is 0. The molecule has 0 bridgehead atoms. The molecule has 2 N–H and O–H groups in total. The summed E-state index contributed by atoms with van der Waals surface area (Å²) in [6, 6.07) is 10.0. The summed E-state index contributed by atoms with van der Waals surface area (Å²) in [6.07, 6.45) is 2.98. The minimum atomic E-state index is -3.24. The number of hydrogen-bond donors (Lipinski definition) is 2. The summed E-state index contributed by atoms with van der Waals surface area (Å²) < 4.78 is 32.2. The average molecular weight is 312 g/mol. The quantitative estimate of drug-likeness (QED) is 0.643. The van der Waals surface area contributed by atoms with Crippen molar-refractivity contribution in [2.75, 3.05) is 19.7 Å². The number of sulfonamides is 1. The van der Waals surface area contributed by atoms with Crippen LogP contribution in [0, 0.1) is 0 Å². The van der Waals surface area contributed by atoms with E-state index in [2.05, 4.69) is 10.0 Å². The molecule has 1 aliphatic rings. The van der Waals surface area contributed by atoms with Crippen molar-refractivity contribution in [1.29, 1.82) is 0 Å². The van der Waals surface area contributed by atoms with Crippen LogP contribution in [0.2, 0.25) is 0 Å². The first kappa shape index (κ1) is 16.3. The maximum atomic E-state index is 12.0. The molecule has 0 amide bonds. The van der Waals surface area contributed by atoms with Crippen molar-refractivity contribution in [3.8, 4) is 5.75 Å². The topological polar surface area (TPSA) is 67.4 Å². The second-order valence-electron chi connectivity index (χ2n) is 5.45. The van der Waals surface area contributed by atoms with Gasteiger partial charge in [-0.15, -0.1) is 0 Å². The van der Waals surface area contributed by atoms with Crippen LogP contribution in [0.3, 0.4) is 0 Å². The fourth-order valence-electron chi connectivity index (χ4n) is 1.87. The van der Waals surface area contributed by atoms with Gasteiger partial charge in [0.25, 0.3) is 0 Å². The van der Waals surface area contributed by atoms with Gasteiger partial charge >= 0.3 is 0 Å². The third-order valence-electron chi connectivity index (χ3n) is 3.44. The van der Waals surface area contributed by atoms with Crippen LogP contribution in [0.25, 0.3) is 0 Å². The molecule has 0 spiro atoms. The van der Waals surface area contributed by atoms with Crippen LogP contribution in [0.5, 0.6) is 5.75 Å². The van der Waals surface area contributed by atoms with Gasteiger partial charge in [-0.05, 0) is 38.3 Å². The average Bonchev–Trinajstić information content (AvgIpc) is 3.29. The van der Waals surface area contributed by atoms with E-state index in [1.807, 2.05) is 30.3 Å². The molecule has 2 rings (SSSR count). The van der Waals surface area contributed by atoms with E-state index < -0.39 is 15.3 Å². The van der Waals surface area contributed by atoms with Crippen LogP contribution in [-0.4, -0.2) is 39.4 Å². The predicted molar refractivity (Wildman–Crippen MR) is 84.0 cm³/mol. The van der Waals surface area contributed by atoms with Gasteiger partial charge in [0.15, 0.2) is 0 Å². The number of benzene rings is 1. The lowest BCUT2D eigenvalue weighted by Crippen LogP contribution is -2.40. The highest BCUT2D eigenvalue weighted by Gasteiger charge is 2.25. The minimum absolute atomic E-state index is 0.406. The second-order valence-corrected chi connectivity index (χ2v) is 7.63. The molecule has 118 valence electrons. The van der Waals surface area contributed by atoms with Gasteiger partial charge in [0.05, 0.1) is 11.9 Å². The molecule has 1 saturated carbocycles. The van der Waals surface area contributed by atoms with Crippen molar-refractivity contribution in [2.45, 2.75) is 37.5 Å². The zero-order valence-corrected chi connectivity index (χ0v) is 13.2. The van der Waals surface area contributed by atoms with Gasteiger partial charge in [-0.25, -0.2) is 13.1 Å². The smallest absolute Gasteiger partial charge is 0.215 e. The van der Waals surface area contributed by atoms with Crippen molar-refractivity contribution in [1.82, 2.24) is 10.0 Å². The maximum absolute atomic E-state index is 12.0. The first-order valence-corrected chi connectivity index (χ1v) is 9.02. The molecule has 1 unspecified atom stereocenters. The van der Waals surface area contributed by atoms with Crippen LogP contribution in [0.1, 0.15) is 26.2 Å². The summed E-state index contributed by atoms with van der Waals surface area (Å²) in [6.45, 7) is 3.16. The van der Waals surface area contributed by atoms with E-state index >= 15 is 0 Å². The van der Waals surface area contributed by atoms with Crippen molar-refractivity contribution >= 4 is 10.0 Å². The molecular formula is C15H24N2O3S. The van der Waals surface area contributed by atoms with Gasteiger partial charge in [-0.2, -0.15) is 0 Å². The Morgan fingerprint density at radius 3 is 2.67 bits per heavy atom. The lowest BCUT2D eigenvalue weighted by atomic mass is 10.3. The number of rotatable bonds is 10. The van der Waals surface area contributed by atoms with E-state index in [4.69, 9.17) is 4.74 Å². The lowest BCUT2D eigenvalue weighted by molar-refractivity contribution is 0.311. The molecule has 21 heavy (non-hydrogen) atoms. The molecule has 0 radical (unpaired) electrons. The molecule has 0 aromatic heterocycles. The summed E-state index contributed by atoms with van der Waals surface area (Å²) in [5.41, 5.74) is 0. The highest BCUT2D eigenvalue weighted by molar-refractivity contribution is 7.90. The summed E-state index contributed by atoms with van der Waals surface area (Å²) in [5.74, 6) is 0.808. The molecule has 1 atom stereocenters. The molecule has 1 aromatic rings. The van der Waals surface area contributed by atoms with Gasteiger partial charge in [0, 0.05) is 19.1 Å². The molecule has 1 fully saturated rings. The highest BCUT2D eigenvalue weighted by atomic mass is 32.2. The summed E-state index contributed by atoms with van der Waals surface area (Å²) in [5, 5.41) is 2.83. The van der Waals surface area contributed by atoms with Crippen LogP contribution in [-0.2, 0) is 10.0 Å². The third kappa shape index (κ3) is 6.03. The van der Waals surface area contributed by atoms with Gasteiger partial charge in [-0.1, -0.05) is 18.2 Å². The number of nitrogens with one attached hydrogen (secondary N) is 2. The van der Waals surface area contributed by atoms with Crippen LogP contribution < -0.4 is 14.8 Å². The van der Waals surface area contributed by atoms with E-state index in [9.17, 15) is 8.42 Å². The molecule has 1 aromatic carbocycles. The molecule has 0 aliphatic heterocycles. The number of hydrogen-bond acceptors (Lipinski definition) is 4. The normalized spacial score (nSPS) is 16.6. The fraction of sp³-hybridized carbons (Fsp3) is 0.600. The van der Waals surface area contributed by atoms with E-state index in [1.54, 1.807) is 6.92 Å². The Morgan fingerprint density at radius 2 is 2.00 bits per heavy atom. The fourth-order valence-corrected chi connectivity index (χ4v) is 2.89. The van der Waals surface area contributed by atoms with E-state index in [-0.39, 0.29) is 0 Å². The van der Waals surface area contributed by atoms with Crippen LogP contribution >= 0.6 is 0 Å². The highest BCUT2D eigenvalue weighted by Crippen LogP contribution is 2.18. The number of para-hydroxylation sites is 1. The van der Waals surface area contributed by atoms with Crippen LogP contribution in [0.15, 0.2) is 30.3 Å². The first-order valence-electron chi connectivity index (χ1n) is 7.47.